The van der Waals surface area contributed by atoms with Crippen molar-refractivity contribution < 1.29 is 18.0 Å². The van der Waals surface area contributed by atoms with Crippen molar-refractivity contribution in [1.29, 1.82) is 0 Å². The van der Waals surface area contributed by atoms with E-state index >= 15 is 0 Å². The first-order valence-electron chi connectivity index (χ1n) is 5.78. The van der Waals surface area contributed by atoms with Crippen molar-refractivity contribution in [1.82, 2.24) is 9.88 Å². The fourth-order valence-electron chi connectivity index (χ4n) is 1.86. The van der Waals surface area contributed by atoms with Crippen molar-refractivity contribution in [2.75, 3.05) is 6.54 Å². The lowest BCUT2D eigenvalue weighted by molar-refractivity contribution is -0.141. The molecule has 7 heteroatoms. The van der Waals surface area contributed by atoms with Crippen molar-refractivity contribution in [3.05, 3.63) is 28.5 Å². The van der Waals surface area contributed by atoms with Crippen LogP contribution in [0.2, 0.25) is 5.15 Å². The van der Waals surface area contributed by atoms with Gasteiger partial charge in [-0.3, -0.25) is 4.79 Å². The standard InChI is InChI=1S/C12H12ClF3N2O/c1-7-4-8(5-10(13)17-7)11(19)18(9-2-3-9)6-12(14,15)16/h4-5,9H,2-3,6H2,1H3. The minimum Gasteiger partial charge on any atom is -0.327 e. The van der Waals surface area contributed by atoms with E-state index in [1.165, 1.54) is 12.1 Å². The second-order valence-corrected chi connectivity index (χ2v) is 4.99. The Bertz CT molecular complexity index is 480. The molecule has 0 bridgehead atoms. The third-order valence-corrected chi connectivity index (χ3v) is 2.96. The Kier molecular flexibility index (Phi) is 3.71. The average Bonchev–Trinajstić information content (AvgIpc) is 3.06. The van der Waals surface area contributed by atoms with Crippen molar-refractivity contribution >= 4 is 17.5 Å². The molecule has 1 saturated carbocycles. The maximum absolute atomic E-state index is 12.5. The van der Waals surface area contributed by atoms with Gasteiger partial charge in [-0.2, -0.15) is 13.2 Å². The molecule has 1 aliphatic carbocycles. The molecule has 0 saturated heterocycles. The first-order chi connectivity index (χ1) is 8.76. The fourth-order valence-corrected chi connectivity index (χ4v) is 2.11. The average molecular weight is 293 g/mol. The van der Waals surface area contributed by atoms with Crippen LogP contribution in [-0.4, -0.2) is 34.6 Å². The van der Waals surface area contributed by atoms with Gasteiger partial charge in [0.2, 0.25) is 0 Å². The summed E-state index contributed by atoms with van der Waals surface area (Å²) >= 11 is 5.72. The quantitative estimate of drug-likeness (QED) is 0.802. The van der Waals surface area contributed by atoms with Gasteiger partial charge in [-0.25, -0.2) is 4.98 Å². The van der Waals surface area contributed by atoms with Gasteiger partial charge in [0.05, 0.1) is 0 Å². The van der Waals surface area contributed by atoms with Crippen LogP contribution in [0.15, 0.2) is 12.1 Å². The summed E-state index contributed by atoms with van der Waals surface area (Å²) in [4.78, 5) is 16.9. The Labute approximate surface area is 113 Å². The van der Waals surface area contributed by atoms with E-state index in [9.17, 15) is 18.0 Å². The van der Waals surface area contributed by atoms with E-state index in [1.807, 2.05) is 0 Å². The van der Waals surface area contributed by atoms with Crippen molar-refractivity contribution in [2.45, 2.75) is 32.0 Å². The molecule has 1 fully saturated rings. The highest BCUT2D eigenvalue weighted by Crippen LogP contribution is 2.31. The normalized spacial score (nSPS) is 15.4. The molecule has 0 radical (unpaired) electrons. The zero-order chi connectivity index (χ0) is 14.2. The molecule has 1 aromatic heterocycles. The van der Waals surface area contributed by atoms with Crippen LogP contribution in [0, 0.1) is 6.92 Å². The summed E-state index contributed by atoms with van der Waals surface area (Å²) in [5, 5.41) is 0.103. The summed E-state index contributed by atoms with van der Waals surface area (Å²) in [7, 11) is 0. The number of pyridine rings is 1. The van der Waals surface area contributed by atoms with Crippen LogP contribution in [0.5, 0.6) is 0 Å². The number of aromatic nitrogens is 1. The Morgan fingerprint density at radius 1 is 1.47 bits per heavy atom. The van der Waals surface area contributed by atoms with Crippen LogP contribution < -0.4 is 0 Å². The van der Waals surface area contributed by atoms with Gasteiger partial charge in [0.15, 0.2) is 0 Å². The van der Waals surface area contributed by atoms with E-state index in [1.54, 1.807) is 6.92 Å². The predicted octanol–water partition coefficient (Wildman–Crippen LogP) is 3.21. The molecule has 3 nitrogen and oxygen atoms in total. The SMILES string of the molecule is Cc1cc(C(=O)N(CC(F)(F)F)C2CC2)cc(Cl)n1. The van der Waals surface area contributed by atoms with E-state index < -0.39 is 18.6 Å². The Morgan fingerprint density at radius 2 is 2.11 bits per heavy atom. The molecule has 1 aromatic rings. The van der Waals surface area contributed by atoms with Crippen LogP contribution in [0.3, 0.4) is 0 Å². The van der Waals surface area contributed by atoms with Crippen LogP contribution in [-0.2, 0) is 0 Å². The lowest BCUT2D eigenvalue weighted by Crippen LogP contribution is -2.40. The number of hydrogen-bond acceptors (Lipinski definition) is 2. The lowest BCUT2D eigenvalue weighted by Gasteiger charge is -2.24. The first kappa shape index (κ1) is 14.1. The predicted molar refractivity (Wildman–Crippen MR) is 64.1 cm³/mol. The molecule has 0 aliphatic heterocycles. The van der Waals surface area contributed by atoms with E-state index in [2.05, 4.69) is 4.98 Å². The van der Waals surface area contributed by atoms with Gasteiger partial charge in [-0.15, -0.1) is 0 Å². The number of amides is 1. The largest absolute Gasteiger partial charge is 0.406 e. The summed E-state index contributed by atoms with van der Waals surface area (Å²) in [6.07, 6.45) is -3.18. The molecule has 104 valence electrons. The number of aryl methyl sites for hydroxylation is 1. The number of hydrogen-bond donors (Lipinski definition) is 0. The van der Waals surface area contributed by atoms with Gasteiger partial charge < -0.3 is 4.90 Å². The highest BCUT2D eigenvalue weighted by Gasteiger charge is 2.40. The van der Waals surface area contributed by atoms with E-state index in [0.717, 1.165) is 4.90 Å². The molecule has 0 N–H and O–H groups in total. The number of carbonyl (C=O) groups excluding carboxylic acids is 1. The Hall–Kier alpha value is -1.30. The zero-order valence-corrected chi connectivity index (χ0v) is 10.9. The third-order valence-electron chi connectivity index (χ3n) is 2.77. The molecule has 19 heavy (non-hydrogen) atoms. The van der Waals surface area contributed by atoms with E-state index in [-0.39, 0.29) is 16.8 Å². The summed E-state index contributed by atoms with van der Waals surface area (Å²) < 4.78 is 37.5. The second-order valence-electron chi connectivity index (χ2n) is 4.60. The topological polar surface area (TPSA) is 33.2 Å². The molecule has 2 rings (SSSR count). The molecule has 0 atom stereocenters. The molecule has 1 amide bonds. The second kappa shape index (κ2) is 5.00. The third kappa shape index (κ3) is 3.83. The van der Waals surface area contributed by atoms with Gasteiger partial charge >= 0.3 is 6.18 Å². The van der Waals surface area contributed by atoms with Crippen LogP contribution >= 0.6 is 11.6 Å². The minimum atomic E-state index is -4.40. The fraction of sp³-hybridized carbons (Fsp3) is 0.500. The number of rotatable bonds is 3. The summed E-state index contributed by atoms with van der Waals surface area (Å²) in [5.41, 5.74) is 0.646. The number of carbonyl (C=O) groups is 1. The first-order valence-corrected chi connectivity index (χ1v) is 6.16. The molecule has 1 heterocycles. The molecular formula is C12H12ClF3N2O. The molecule has 0 unspecified atom stereocenters. The summed E-state index contributed by atoms with van der Waals surface area (Å²) in [5.74, 6) is -0.646. The van der Waals surface area contributed by atoms with E-state index in [4.69, 9.17) is 11.6 Å². The summed E-state index contributed by atoms with van der Waals surface area (Å²) in [6.45, 7) is 0.406. The molecular weight excluding hydrogens is 281 g/mol. The maximum Gasteiger partial charge on any atom is 0.406 e. The van der Waals surface area contributed by atoms with E-state index in [0.29, 0.717) is 18.5 Å². The number of nitrogens with zero attached hydrogens (tertiary/aromatic N) is 2. The van der Waals surface area contributed by atoms with Gasteiger partial charge in [0.25, 0.3) is 5.91 Å². The van der Waals surface area contributed by atoms with Crippen LogP contribution in [0.25, 0.3) is 0 Å². The maximum atomic E-state index is 12.5. The lowest BCUT2D eigenvalue weighted by atomic mass is 10.2. The molecule has 0 spiro atoms. The number of halogens is 4. The Morgan fingerprint density at radius 3 is 2.58 bits per heavy atom. The van der Waals surface area contributed by atoms with Gasteiger partial charge in [0.1, 0.15) is 11.7 Å². The Balaban J connectivity index is 2.24. The highest BCUT2D eigenvalue weighted by atomic mass is 35.5. The van der Waals surface area contributed by atoms with Crippen molar-refractivity contribution in [3.63, 3.8) is 0 Å². The van der Waals surface area contributed by atoms with Gasteiger partial charge in [-0.1, -0.05) is 11.6 Å². The highest BCUT2D eigenvalue weighted by molar-refractivity contribution is 6.29. The summed E-state index contributed by atoms with van der Waals surface area (Å²) in [6, 6.07) is 2.42. The monoisotopic (exact) mass is 292 g/mol. The van der Waals surface area contributed by atoms with Gasteiger partial charge in [0, 0.05) is 17.3 Å². The minimum absolute atomic E-state index is 0.103. The van der Waals surface area contributed by atoms with Gasteiger partial charge in [-0.05, 0) is 31.9 Å². The van der Waals surface area contributed by atoms with Crippen molar-refractivity contribution in [2.24, 2.45) is 0 Å². The smallest absolute Gasteiger partial charge is 0.327 e. The van der Waals surface area contributed by atoms with Crippen LogP contribution in [0.4, 0.5) is 13.2 Å². The molecule has 0 aromatic carbocycles. The molecule has 1 aliphatic rings. The number of alkyl halides is 3. The van der Waals surface area contributed by atoms with Crippen LogP contribution in [0.1, 0.15) is 28.9 Å². The zero-order valence-electron chi connectivity index (χ0n) is 10.2. The van der Waals surface area contributed by atoms with Crippen molar-refractivity contribution in [3.8, 4) is 0 Å².